The van der Waals surface area contributed by atoms with E-state index >= 15 is 0 Å². The molecule has 5 aromatic rings. The topological polar surface area (TPSA) is 90.2 Å². The molecule has 0 amide bonds. The maximum absolute atomic E-state index is 4.25. The molecule has 0 aliphatic rings. The van der Waals surface area contributed by atoms with Crippen molar-refractivity contribution in [2.75, 3.05) is 0 Å². The molecule has 0 saturated carbocycles. The van der Waals surface area contributed by atoms with E-state index in [0.717, 1.165) is 22.9 Å². The molecule has 340 valence electrons. The number of hydrogen-bond acceptors (Lipinski definition) is 7. The lowest BCUT2D eigenvalue weighted by molar-refractivity contribution is 0.545. The zero-order chi connectivity index (χ0) is 48.1. The molecule has 0 saturated heterocycles. The number of hydrogen-bond donors (Lipinski definition) is 0. The van der Waals surface area contributed by atoms with Gasteiger partial charge in [-0.3, -0.25) is 15.0 Å². The van der Waals surface area contributed by atoms with Gasteiger partial charge in [0, 0.05) is 70.7 Å². The van der Waals surface area contributed by atoms with Gasteiger partial charge in [-0.05, 0) is 41.3 Å². The van der Waals surface area contributed by atoms with E-state index in [2.05, 4.69) is 175 Å². The number of aromatic nitrogens is 7. The highest BCUT2D eigenvalue weighted by molar-refractivity contribution is 5.22. The molecule has 0 N–H and O–H groups in total. The van der Waals surface area contributed by atoms with Gasteiger partial charge in [-0.2, -0.15) is 10.2 Å². The van der Waals surface area contributed by atoms with Crippen LogP contribution in [0.4, 0.5) is 0 Å². The smallest absolute Gasteiger partial charge is 0.133 e. The Balaban J connectivity index is -0.000000199. The van der Waals surface area contributed by atoms with Crippen molar-refractivity contribution >= 4 is 0 Å². The van der Waals surface area contributed by atoms with Crippen molar-refractivity contribution in [1.82, 2.24) is 35.1 Å². The third-order valence-electron chi connectivity index (χ3n) is 6.98. The summed E-state index contributed by atoms with van der Waals surface area (Å²) in [6, 6.07) is 22.3. The van der Waals surface area contributed by atoms with Gasteiger partial charge in [0.1, 0.15) is 5.82 Å². The zero-order valence-electron chi connectivity index (χ0n) is 43.5. The molecule has 0 fully saturated rings. The summed E-state index contributed by atoms with van der Waals surface area (Å²) in [4.78, 5) is 20.7. The molecule has 60 heavy (non-hydrogen) atoms. The Morgan fingerprint density at radius 2 is 0.733 bits per heavy atom. The number of nitrogens with zero attached hydrogens (tertiary/aromatic N) is 7. The van der Waals surface area contributed by atoms with Gasteiger partial charge in [0.25, 0.3) is 0 Å². The molecule has 0 spiro atoms. The van der Waals surface area contributed by atoms with Crippen molar-refractivity contribution in [3.05, 3.63) is 139 Å². The van der Waals surface area contributed by atoms with E-state index in [1.54, 1.807) is 37.2 Å². The minimum absolute atomic E-state index is 0.0707. The molecule has 0 unspecified atom stereocenters. The SMILES string of the molecule is CC.CC.CC.CC.CC.CC(C)(C)c1ccccc1.CC(C)(C)c1ccccn1.CC(C)(C)c1cccnn1.CC(C)(C)c1cnccn1.CC(C)(C)c1ncccn1. The summed E-state index contributed by atoms with van der Waals surface area (Å²) in [7, 11) is 0. The largest absolute Gasteiger partial charge is 0.261 e. The van der Waals surface area contributed by atoms with Gasteiger partial charge in [0.05, 0.1) is 11.4 Å². The van der Waals surface area contributed by atoms with Gasteiger partial charge in [0.2, 0.25) is 0 Å². The van der Waals surface area contributed by atoms with Crippen molar-refractivity contribution < 1.29 is 0 Å². The molecule has 0 radical (unpaired) electrons. The van der Waals surface area contributed by atoms with Gasteiger partial charge >= 0.3 is 0 Å². The highest BCUT2D eigenvalue weighted by atomic mass is 15.1. The van der Waals surface area contributed by atoms with Crippen LogP contribution in [0.25, 0.3) is 0 Å². The van der Waals surface area contributed by atoms with Crippen LogP contribution in [0.2, 0.25) is 0 Å². The van der Waals surface area contributed by atoms with Gasteiger partial charge in [0.15, 0.2) is 0 Å². The molecule has 4 heterocycles. The third-order valence-corrected chi connectivity index (χ3v) is 6.98. The van der Waals surface area contributed by atoms with E-state index in [1.807, 2.05) is 106 Å². The van der Waals surface area contributed by atoms with Gasteiger partial charge in [-0.25, -0.2) is 9.97 Å². The molecular weight excluding hydrogens is 735 g/mol. The van der Waals surface area contributed by atoms with Gasteiger partial charge < -0.3 is 0 Å². The predicted octanol–water partition coefficient (Wildman–Crippen LogP) is 15.8. The lowest BCUT2D eigenvalue weighted by atomic mass is 9.87. The second-order valence-corrected chi connectivity index (χ2v) is 17.1. The van der Waals surface area contributed by atoms with Crippen molar-refractivity contribution in [2.24, 2.45) is 0 Å². The highest BCUT2D eigenvalue weighted by Gasteiger charge is 2.16. The monoisotopic (exact) mass is 828 g/mol. The summed E-state index contributed by atoms with van der Waals surface area (Å²) >= 11 is 0. The average molecular weight is 828 g/mol. The first-order chi connectivity index (χ1) is 28.0. The van der Waals surface area contributed by atoms with Crippen LogP contribution in [-0.4, -0.2) is 35.1 Å². The summed E-state index contributed by atoms with van der Waals surface area (Å²) in [5.74, 6) is 0.898. The van der Waals surface area contributed by atoms with Crippen LogP contribution in [-0.2, 0) is 27.1 Å². The van der Waals surface area contributed by atoms with E-state index in [4.69, 9.17) is 0 Å². The second-order valence-electron chi connectivity index (χ2n) is 17.1. The van der Waals surface area contributed by atoms with Crippen molar-refractivity contribution in [3.63, 3.8) is 0 Å². The first-order valence-corrected chi connectivity index (χ1v) is 22.3. The Hall–Kier alpha value is -4.39. The lowest BCUT2D eigenvalue weighted by Crippen LogP contribution is -2.14. The Bertz CT molecular complexity index is 1270. The van der Waals surface area contributed by atoms with E-state index < -0.39 is 0 Å². The molecule has 4 aromatic heterocycles. The highest BCUT2D eigenvalue weighted by Crippen LogP contribution is 2.21. The molecule has 0 atom stereocenters. The van der Waals surface area contributed by atoms with E-state index in [9.17, 15) is 0 Å². The molecule has 0 aliphatic heterocycles. The second kappa shape index (κ2) is 36.5. The van der Waals surface area contributed by atoms with Crippen molar-refractivity contribution in [2.45, 2.75) is 200 Å². The fraction of sp³-hybridized carbons (Fsp3) is 0.566. The molecular formula is C53H93N7. The zero-order valence-corrected chi connectivity index (χ0v) is 43.5. The van der Waals surface area contributed by atoms with E-state index in [-0.39, 0.29) is 21.7 Å². The van der Waals surface area contributed by atoms with Crippen LogP contribution in [0.5, 0.6) is 0 Å². The van der Waals surface area contributed by atoms with Crippen LogP contribution in [0.1, 0.15) is 202 Å². The molecule has 5 rings (SSSR count). The van der Waals surface area contributed by atoms with Gasteiger partial charge in [-0.1, -0.05) is 209 Å². The summed E-state index contributed by atoms with van der Waals surface area (Å²) < 4.78 is 0. The predicted molar refractivity (Wildman–Crippen MR) is 267 cm³/mol. The van der Waals surface area contributed by atoms with Crippen LogP contribution < -0.4 is 0 Å². The Morgan fingerprint density at radius 1 is 0.317 bits per heavy atom. The standard InChI is InChI=1S/C10H14.C9H13N.3C8H12N2.5C2H6/c1-10(2,3)9-7-5-4-6-8-9;1-9(2,3)8-6-4-5-7-10-8;1-8(2,3)7-6-9-4-5-10-7;1-8(2,3)7-9-5-4-6-10-7;1-8(2,3)7-5-4-6-9-10-7;5*1-2/h4-8H,1-3H3;4-7H,1-3H3;3*4-6H,1-3H3;5*1-2H3. The van der Waals surface area contributed by atoms with Crippen molar-refractivity contribution in [3.8, 4) is 0 Å². The first-order valence-electron chi connectivity index (χ1n) is 22.3. The summed E-state index contributed by atoms with van der Waals surface area (Å²) in [5, 5.41) is 7.80. The van der Waals surface area contributed by atoms with Crippen LogP contribution >= 0.6 is 0 Å². The van der Waals surface area contributed by atoms with E-state index in [0.29, 0.717) is 5.41 Å². The van der Waals surface area contributed by atoms with Crippen LogP contribution in [0.3, 0.4) is 0 Å². The fourth-order valence-electron chi connectivity index (χ4n) is 3.82. The number of pyridine rings is 1. The maximum Gasteiger partial charge on any atom is 0.133 e. The first kappa shape index (κ1) is 64.7. The van der Waals surface area contributed by atoms with Crippen molar-refractivity contribution in [1.29, 1.82) is 0 Å². The number of benzene rings is 1. The Morgan fingerprint density at radius 3 is 0.983 bits per heavy atom. The van der Waals surface area contributed by atoms with Crippen LogP contribution in [0.15, 0.2) is 110 Å². The Labute approximate surface area is 372 Å². The molecule has 0 bridgehead atoms. The minimum atomic E-state index is 0.0707. The molecule has 7 heteroatoms. The van der Waals surface area contributed by atoms with E-state index in [1.165, 1.54) is 5.56 Å². The number of rotatable bonds is 0. The average Bonchev–Trinajstić information content (AvgIpc) is 3.25. The lowest BCUT2D eigenvalue weighted by Gasteiger charge is -2.18. The fourth-order valence-corrected chi connectivity index (χ4v) is 3.82. The summed E-state index contributed by atoms with van der Waals surface area (Å²) in [5.41, 5.74) is 5.40. The van der Waals surface area contributed by atoms with Gasteiger partial charge in [-0.15, -0.1) is 0 Å². The summed E-state index contributed by atoms with van der Waals surface area (Å²) in [6.45, 7) is 52.2. The molecule has 1 aromatic carbocycles. The Kier molecular flexibility index (Phi) is 39.3. The molecule has 0 aliphatic carbocycles. The van der Waals surface area contributed by atoms with Crippen LogP contribution in [0, 0.1) is 0 Å². The minimum Gasteiger partial charge on any atom is -0.261 e. The summed E-state index contributed by atoms with van der Waals surface area (Å²) in [6.07, 6.45) is 12.3. The maximum atomic E-state index is 4.25. The third kappa shape index (κ3) is 34.5. The quantitative estimate of drug-likeness (QED) is 0.154. The normalized spacial score (nSPS) is 10.1. The molecule has 7 nitrogen and oxygen atoms in total.